The van der Waals surface area contributed by atoms with E-state index in [9.17, 15) is 0 Å². The maximum atomic E-state index is 5.54. The fourth-order valence-electron chi connectivity index (χ4n) is 1.74. The van der Waals surface area contributed by atoms with Crippen LogP contribution < -0.4 is 5.32 Å². The van der Waals surface area contributed by atoms with E-state index in [1.165, 1.54) is 6.42 Å². The summed E-state index contributed by atoms with van der Waals surface area (Å²) in [5, 5.41) is 3.66. The molecule has 1 N–H and O–H groups in total. The van der Waals surface area contributed by atoms with Gasteiger partial charge >= 0.3 is 0 Å². The van der Waals surface area contributed by atoms with Crippen LogP contribution in [0.2, 0.25) is 0 Å². The van der Waals surface area contributed by atoms with Crippen molar-refractivity contribution in [3.05, 3.63) is 0 Å². The van der Waals surface area contributed by atoms with Crippen LogP contribution in [0, 0.1) is 11.3 Å². The SMILES string of the molecule is COC(C)(C)CCC(C)(CNC(C)(C)C)C(C)C. The molecule has 0 amide bonds. The zero-order valence-electron chi connectivity index (χ0n) is 14.1. The van der Waals surface area contributed by atoms with E-state index in [-0.39, 0.29) is 11.1 Å². The number of hydrogen-bond donors (Lipinski definition) is 1. The molecule has 0 saturated heterocycles. The number of ether oxygens (including phenoxy) is 1. The first kappa shape index (κ1) is 17.9. The third-order valence-corrected chi connectivity index (χ3v) is 4.27. The second kappa shape index (κ2) is 6.38. The minimum atomic E-state index is -0.0160. The smallest absolute Gasteiger partial charge is 0.0623 e. The maximum absolute atomic E-state index is 5.54. The Balaban J connectivity index is 4.54. The van der Waals surface area contributed by atoms with Gasteiger partial charge in [0.05, 0.1) is 5.60 Å². The summed E-state index contributed by atoms with van der Waals surface area (Å²) in [6.07, 6.45) is 2.29. The van der Waals surface area contributed by atoms with Gasteiger partial charge in [0.2, 0.25) is 0 Å². The quantitative estimate of drug-likeness (QED) is 0.736. The number of hydrogen-bond acceptors (Lipinski definition) is 2. The fraction of sp³-hybridized carbons (Fsp3) is 1.00. The van der Waals surface area contributed by atoms with E-state index in [1.54, 1.807) is 7.11 Å². The first-order valence-electron chi connectivity index (χ1n) is 7.22. The average Bonchev–Trinajstić information content (AvgIpc) is 2.22. The fourth-order valence-corrected chi connectivity index (χ4v) is 1.74. The Kier molecular flexibility index (Phi) is 6.35. The lowest BCUT2D eigenvalue weighted by Crippen LogP contribution is -2.45. The summed E-state index contributed by atoms with van der Waals surface area (Å²) in [5.74, 6) is 0.667. The molecule has 0 fully saturated rings. The van der Waals surface area contributed by atoms with E-state index in [2.05, 4.69) is 60.7 Å². The van der Waals surface area contributed by atoms with Crippen LogP contribution >= 0.6 is 0 Å². The zero-order chi connectivity index (χ0) is 14.6. The van der Waals surface area contributed by atoms with E-state index < -0.39 is 0 Å². The van der Waals surface area contributed by atoms with Crippen LogP contribution in [0.4, 0.5) is 0 Å². The second-order valence-electron chi connectivity index (χ2n) is 7.88. The third-order valence-electron chi connectivity index (χ3n) is 4.27. The molecule has 2 nitrogen and oxygen atoms in total. The summed E-state index contributed by atoms with van der Waals surface area (Å²) >= 11 is 0. The minimum Gasteiger partial charge on any atom is -0.379 e. The Morgan fingerprint density at radius 2 is 1.44 bits per heavy atom. The van der Waals surface area contributed by atoms with E-state index in [0.717, 1.165) is 13.0 Å². The molecule has 1 atom stereocenters. The van der Waals surface area contributed by atoms with Crippen LogP contribution in [-0.2, 0) is 4.74 Å². The first-order valence-corrected chi connectivity index (χ1v) is 7.22. The molecule has 0 rings (SSSR count). The monoisotopic (exact) mass is 257 g/mol. The molecule has 0 radical (unpaired) electrons. The van der Waals surface area contributed by atoms with Crippen molar-refractivity contribution in [2.24, 2.45) is 11.3 Å². The van der Waals surface area contributed by atoms with Crippen molar-refractivity contribution in [3.8, 4) is 0 Å². The first-order chi connectivity index (χ1) is 7.92. The number of rotatable bonds is 7. The summed E-state index contributed by atoms with van der Waals surface area (Å²) in [7, 11) is 1.81. The Bertz CT molecular complexity index is 240. The average molecular weight is 257 g/mol. The highest BCUT2D eigenvalue weighted by Crippen LogP contribution is 2.35. The molecule has 0 bridgehead atoms. The van der Waals surface area contributed by atoms with Crippen molar-refractivity contribution in [3.63, 3.8) is 0 Å². The lowest BCUT2D eigenvalue weighted by Gasteiger charge is -2.39. The van der Waals surface area contributed by atoms with Gasteiger partial charge in [-0.05, 0) is 58.8 Å². The van der Waals surface area contributed by atoms with E-state index in [4.69, 9.17) is 4.74 Å². The van der Waals surface area contributed by atoms with Crippen molar-refractivity contribution in [1.82, 2.24) is 5.32 Å². The van der Waals surface area contributed by atoms with Crippen molar-refractivity contribution >= 4 is 0 Å². The Labute approximate surface area is 115 Å². The van der Waals surface area contributed by atoms with Gasteiger partial charge in [-0.3, -0.25) is 0 Å². The van der Waals surface area contributed by atoms with Crippen LogP contribution in [0.15, 0.2) is 0 Å². The van der Waals surface area contributed by atoms with Gasteiger partial charge in [0.15, 0.2) is 0 Å². The highest BCUT2D eigenvalue weighted by Gasteiger charge is 2.31. The third kappa shape index (κ3) is 6.75. The normalized spacial score (nSPS) is 17.0. The van der Waals surface area contributed by atoms with Crippen molar-refractivity contribution in [2.75, 3.05) is 13.7 Å². The summed E-state index contributed by atoms with van der Waals surface area (Å²) in [6.45, 7) is 19.1. The van der Waals surface area contributed by atoms with E-state index >= 15 is 0 Å². The summed E-state index contributed by atoms with van der Waals surface area (Å²) in [6, 6.07) is 0. The van der Waals surface area contributed by atoms with Crippen LogP contribution in [0.25, 0.3) is 0 Å². The zero-order valence-corrected chi connectivity index (χ0v) is 14.1. The van der Waals surface area contributed by atoms with Gasteiger partial charge in [-0.15, -0.1) is 0 Å². The lowest BCUT2D eigenvalue weighted by atomic mass is 9.73. The molecule has 0 aromatic carbocycles. The van der Waals surface area contributed by atoms with Crippen LogP contribution in [0.5, 0.6) is 0 Å². The predicted octanol–water partition coefficient (Wildman–Crippen LogP) is 4.24. The summed E-state index contributed by atoms with van der Waals surface area (Å²) in [4.78, 5) is 0. The molecule has 0 saturated carbocycles. The van der Waals surface area contributed by atoms with E-state index in [1.807, 2.05) is 0 Å². The molecule has 2 heteroatoms. The highest BCUT2D eigenvalue weighted by atomic mass is 16.5. The Hall–Kier alpha value is -0.0800. The van der Waals surface area contributed by atoms with Crippen LogP contribution in [0.3, 0.4) is 0 Å². The molecular formula is C16H35NO. The molecule has 0 spiro atoms. The molecule has 0 aliphatic heterocycles. The molecule has 0 aromatic rings. The van der Waals surface area contributed by atoms with Gasteiger partial charge < -0.3 is 10.1 Å². The van der Waals surface area contributed by atoms with Crippen molar-refractivity contribution in [2.45, 2.75) is 79.4 Å². The van der Waals surface area contributed by atoms with Crippen molar-refractivity contribution in [1.29, 1.82) is 0 Å². The predicted molar refractivity (Wildman–Crippen MR) is 81.0 cm³/mol. The standard InChI is InChI=1S/C16H35NO/c1-13(2)16(8,12-17-14(3,4)5)11-10-15(6,7)18-9/h13,17H,10-12H2,1-9H3. The van der Waals surface area contributed by atoms with E-state index in [0.29, 0.717) is 11.3 Å². The second-order valence-corrected chi connectivity index (χ2v) is 7.88. The molecule has 0 heterocycles. The number of methoxy groups -OCH3 is 1. The van der Waals surface area contributed by atoms with Crippen LogP contribution in [0.1, 0.15) is 68.2 Å². The highest BCUT2D eigenvalue weighted by molar-refractivity contribution is 4.86. The molecule has 1 unspecified atom stereocenters. The molecular weight excluding hydrogens is 222 g/mol. The van der Waals surface area contributed by atoms with Gasteiger partial charge in [0.25, 0.3) is 0 Å². The molecule has 0 aliphatic carbocycles. The molecule has 0 aliphatic rings. The molecule has 110 valence electrons. The summed E-state index contributed by atoms with van der Waals surface area (Å²) < 4.78 is 5.54. The van der Waals surface area contributed by atoms with Gasteiger partial charge in [-0.1, -0.05) is 20.8 Å². The lowest BCUT2D eigenvalue weighted by molar-refractivity contribution is -0.000217. The number of nitrogens with one attached hydrogen (secondary N) is 1. The Morgan fingerprint density at radius 3 is 1.78 bits per heavy atom. The van der Waals surface area contributed by atoms with Gasteiger partial charge in [-0.25, -0.2) is 0 Å². The van der Waals surface area contributed by atoms with Crippen molar-refractivity contribution < 1.29 is 4.74 Å². The maximum Gasteiger partial charge on any atom is 0.0623 e. The van der Waals surface area contributed by atoms with Gasteiger partial charge in [-0.2, -0.15) is 0 Å². The molecule has 0 aromatic heterocycles. The van der Waals surface area contributed by atoms with Crippen LogP contribution in [-0.4, -0.2) is 24.8 Å². The minimum absolute atomic E-state index is 0.0160. The largest absolute Gasteiger partial charge is 0.379 e. The molecule has 18 heavy (non-hydrogen) atoms. The Morgan fingerprint density at radius 1 is 0.944 bits per heavy atom. The topological polar surface area (TPSA) is 21.3 Å². The van der Waals surface area contributed by atoms with Gasteiger partial charge in [0.1, 0.15) is 0 Å². The summed E-state index contributed by atoms with van der Waals surface area (Å²) in [5.41, 5.74) is 0.494. The van der Waals surface area contributed by atoms with Gasteiger partial charge in [0, 0.05) is 19.2 Å².